The second-order valence-corrected chi connectivity index (χ2v) is 2.68. The standard InChI is InChI=1S/C5H6N2OS.2ClH/c1-3-7-4(2-9-3)5(6)8;;/h2H,1H3,(H2,6,8);2*1H. The molecule has 1 heterocycles. The quantitative estimate of drug-likeness (QED) is 0.769. The molecule has 0 radical (unpaired) electrons. The lowest BCUT2D eigenvalue weighted by molar-refractivity contribution is 0.0996. The van der Waals surface area contributed by atoms with Gasteiger partial charge in [-0.3, -0.25) is 4.79 Å². The van der Waals surface area contributed by atoms with Crippen LogP contribution < -0.4 is 5.73 Å². The predicted molar refractivity (Wildman–Crippen MR) is 49.9 cm³/mol. The van der Waals surface area contributed by atoms with Crippen molar-refractivity contribution in [3.8, 4) is 0 Å². The van der Waals surface area contributed by atoms with E-state index < -0.39 is 5.91 Å². The number of primary amides is 1. The van der Waals surface area contributed by atoms with Gasteiger partial charge in [0.15, 0.2) is 0 Å². The third-order valence-electron chi connectivity index (χ3n) is 0.871. The zero-order chi connectivity index (χ0) is 6.85. The Bertz CT molecular complexity index is 238. The molecule has 64 valence electrons. The number of thiazole rings is 1. The highest BCUT2D eigenvalue weighted by Crippen LogP contribution is 2.06. The van der Waals surface area contributed by atoms with Crippen molar-refractivity contribution >= 4 is 42.1 Å². The van der Waals surface area contributed by atoms with Gasteiger partial charge in [-0.15, -0.1) is 36.2 Å². The summed E-state index contributed by atoms with van der Waals surface area (Å²) in [6.07, 6.45) is 0. The van der Waals surface area contributed by atoms with Crippen molar-refractivity contribution in [3.63, 3.8) is 0 Å². The maximum Gasteiger partial charge on any atom is 0.268 e. The Labute approximate surface area is 80.8 Å². The topological polar surface area (TPSA) is 56.0 Å². The molecule has 0 aliphatic heterocycles. The molecule has 0 spiro atoms. The molecule has 0 atom stereocenters. The van der Waals surface area contributed by atoms with Crippen LogP contribution in [0.15, 0.2) is 5.38 Å². The van der Waals surface area contributed by atoms with Gasteiger partial charge in [-0.2, -0.15) is 0 Å². The molecule has 0 fully saturated rings. The van der Waals surface area contributed by atoms with Gasteiger partial charge >= 0.3 is 0 Å². The van der Waals surface area contributed by atoms with Crippen molar-refractivity contribution in [3.05, 3.63) is 16.1 Å². The summed E-state index contributed by atoms with van der Waals surface area (Å²) in [7, 11) is 0. The summed E-state index contributed by atoms with van der Waals surface area (Å²) >= 11 is 1.42. The van der Waals surface area contributed by atoms with E-state index in [1.807, 2.05) is 6.92 Å². The number of aromatic nitrogens is 1. The molecule has 0 aliphatic rings. The number of carbonyl (C=O) groups excluding carboxylic acids is 1. The van der Waals surface area contributed by atoms with Crippen LogP contribution in [0.25, 0.3) is 0 Å². The van der Waals surface area contributed by atoms with Crippen molar-refractivity contribution in [2.45, 2.75) is 6.92 Å². The number of amides is 1. The Hall–Kier alpha value is -0.320. The SMILES string of the molecule is Cc1nc(C(N)=O)cs1.Cl.Cl. The average Bonchev–Trinajstić information content (AvgIpc) is 2.14. The first-order valence-electron chi connectivity index (χ1n) is 2.42. The Morgan fingerprint density at radius 1 is 1.64 bits per heavy atom. The first kappa shape index (κ1) is 13.3. The Kier molecular flexibility index (Phi) is 6.46. The molecule has 1 aromatic rings. The molecule has 3 nitrogen and oxygen atoms in total. The predicted octanol–water partition coefficient (Wildman–Crippen LogP) is 1.39. The number of nitrogens with zero attached hydrogens (tertiary/aromatic N) is 1. The number of rotatable bonds is 1. The molecule has 0 aliphatic carbocycles. The van der Waals surface area contributed by atoms with Gasteiger partial charge in [-0.25, -0.2) is 4.98 Å². The van der Waals surface area contributed by atoms with E-state index in [1.54, 1.807) is 5.38 Å². The van der Waals surface area contributed by atoms with E-state index in [4.69, 9.17) is 5.73 Å². The zero-order valence-electron chi connectivity index (χ0n) is 5.73. The lowest BCUT2D eigenvalue weighted by Gasteiger charge is -1.80. The minimum atomic E-state index is -0.459. The molecule has 0 saturated heterocycles. The summed E-state index contributed by atoms with van der Waals surface area (Å²) in [5.74, 6) is -0.459. The minimum absolute atomic E-state index is 0. The van der Waals surface area contributed by atoms with Crippen LogP contribution in [0.2, 0.25) is 0 Å². The normalized spacial score (nSPS) is 7.73. The number of carbonyl (C=O) groups is 1. The van der Waals surface area contributed by atoms with Crippen molar-refractivity contribution in [1.82, 2.24) is 4.98 Å². The molecule has 0 saturated carbocycles. The minimum Gasteiger partial charge on any atom is -0.364 e. The van der Waals surface area contributed by atoms with E-state index in [9.17, 15) is 4.79 Å². The van der Waals surface area contributed by atoms with Crippen LogP contribution in [0.4, 0.5) is 0 Å². The van der Waals surface area contributed by atoms with Crippen molar-refractivity contribution < 1.29 is 4.79 Å². The summed E-state index contributed by atoms with van der Waals surface area (Å²) < 4.78 is 0. The molecule has 2 N–H and O–H groups in total. The summed E-state index contributed by atoms with van der Waals surface area (Å²) in [5.41, 5.74) is 5.29. The van der Waals surface area contributed by atoms with Gasteiger partial charge in [0, 0.05) is 5.38 Å². The van der Waals surface area contributed by atoms with Gasteiger partial charge in [0.05, 0.1) is 5.01 Å². The zero-order valence-corrected chi connectivity index (χ0v) is 8.18. The van der Waals surface area contributed by atoms with Gasteiger partial charge in [-0.1, -0.05) is 0 Å². The van der Waals surface area contributed by atoms with E-state index in [1.165, 1.54) is 11.3 Å². The molecule has 1 amide bonds. The molecular weight excluding hydrogens is 207 g/mol. The molecule has 0 unspecified atom stereocenters. The fourth-order valence-corrected chi connectivity index (χ4v) is 1.08. The first-order valence-corrected chi connectivity index (χ1v) is 3.30. The van der Waals surface area contributed by atoms with Crippen LogP contribution in [-0.2, 0) is 0 Å². The van der Waals surface area contributed by atoms with E-state index in [-0.39, 0.29) is 24.8 Å². The number of halogens is 2. The molecule has 0 bridgehead atoms. The molecular formula is C5H8Cl2N2OS. The van der Waals surface area contributed by atoms with Gasteiger partial charge in [0.25, 0.3) is 5.91 Å². The van der Waals surface area contributed by atoms with Crippen molar-refractivity contribution in [1.29, 1.82) is 0 Å². The fourth-order valence-electron chi connectivity index (χ4n) is 0.477. The van der Waals surface area contributed by atoms with Crippen LogP contribution in [0, 0.1) is 6.92 Å². The Balaban J connectivity index is 0. The largest absolute Gasteiger partial charge is 0.364 e. The molecule has 11 heavy (non-hydrogen) atoms. The third-order valence-corrected chi connectivity index (χ3v) is 1.64. The van der Waals surface area contributed by atoms with Crippen molar-refractivity contribution in [2.75, 3.05) is 0 Å². The molecule has 1 aromatic heterocycles. The highest BCUT2D eigenvalue weighted by molar-refractivity contribution is 7.09. The monoisotopic (exact) mass is 214 g/mol. The van der Waals surface area contributed by atoms with Crippen LogP contribution in [0.1, 0.15) is 15.5 Å². The lowest BCUT2D eigenvalue weighted by Crippen LogP contribution is -2.10. The number of hydrogen-bond acceptors (Lipinski definition) is 3. The highest BCUT2D eigenvalue weighted by atomic mass is 35.5. The maximum atomic E-state index is 10.4. The van der Waals surface area contributed by atoms with Crippen molar-refractivity contribution in [2.24, 2.45) is 5.73 Å². The number of nitrogens with two attached hydrogens (primary N) is 1. The van der Waals surface area contributed by atoms with Crippen LogP contribution >= 0.6 is 36.2 Å². The van der Waals surface area contributed by atoms with E-state index in [0.29, 0.717) is 5.69 Å². The maximum absolute atomic E-state index is 10.4. The second kappa shape index (κ2) is 5.35. The second-order valence-electron chi connectivity index (χ2n) is 1.62. The molecule has 6 heteroatoms. The number of aryl methyl sites for hydroxylation is 1. The smallest absolute Gasteiger partial charge is 0.268 e. The molecule has 1 rings (SSSR count). The van der Waals surface area contributed by atoms with Crippen LogP contribution in [0.3, 0.4) is 0 Å². The van der Waals surface area contributed by atoms with Gasteiger partial charge in [0.2, 0.25) is 0 Å². The highest BCUT2D eigenvalue weighted by Gasteiger charge is 2.01. The van der Waals surface area contributed by atoms with E-state index in [2.05, 4.69) is 4.98 Å². The fraction of sp³-hybridized carbons (Fsp3) is 0.200. The van der Waals surface area contributed by atoms with Gasteiger partial charge < -0.3 is 5.73 Å². The average molecular weight is 215 g/mol. The number of hydrogen-bond donors (Lipinski definition) is 1. The summed E-state index contributed by atoms with van der Waals surface area (Å²) in [5, 5.41) is 2.52. The van der Waals surface area contributed by atoms with E-state index in [0.717, 1.165) is 5.01 Å². The Morgan fingerprint density at radius 2 is 2.18 bits per heavy atom. The summed E-state index contributed by atoms with van der Waals surface area (Å²) in [6, 6.07) is 0. The lowest BCUT2D eigenvalue weighted by atomic mass is 10.5. The van der Waals surface area contributed by atoms with Gasteiger partial charge in [-0.05, 0) is 6.92 Å². The van der Waals surface area contributed by atoms with Crippen LogP contribution in [0.5, 0.6) is 0 Å². The van der Waals surface area contributed by atoms with E-state index >= 15 is 0 Å². The first-order chi connectivity index (χ1) is 4.20. The Morgan fingerprint density at radius 3 is 2.36 bits per heavy atom. The summed E-state index contributed by atoms with van der Waals surface area (Å²) in [6.45, 7) is 1.83. The third kappa shape index (κ3) is 3.55. The molecule has 0 aromatic carbocycles. The summed E-state index contributed by atoms with van der Waals surface area (Å²) in [4.78, 5) is 14.2. The van der Waals surface area contributed by atoms with Crippen LogP contribution in [-0.4, -0.2) is 10.9 Å². The van der Waals surface area contributed by atoms with Gasteiger partial charge in [0.1, 0.15) is 5.69 Å².